The molecule has 154 valence electrons. The fourth-order valence-corrected chi connectivity index (χ4v) is 3.29. The summed E-state index contributed by atoms with van der Waals surface area (Å²) >= 11 is 0. The minimum atomic E-state index is -0.207. The molecule has 0 unspecified atom stereocenters. The van der Waals surface area contributed by atoms with E-state index in [2.05, 4.69) is 62.3 Å². The predicted octanol–water partition coefficient (Wildman–Crippen LogP) is 5.48. The maximum atomic E-state index is 12.1. The zero-order valence-corrected chi connectivity index (χ0v) is 18.1. The Labute approximate surface area is 179 Å². The standard InChI is InChI=1S/C26H29N3O/c1-18-15-23(16-19(2)20(18)3)29(4)17-22-11-9-21(10-12-22)13-14-26(30)28-25-8-6-5-7-24(25)27/h5-16H,17,27H2,1-4H3,(H,28,30)/b14-13+. The Kier molecular flexibility index (Phi) is 6.58. The maximum Gasteiger partial charge on any atom is 0.248 e. The van der Waals surface area contributed by atoms with Crippen LogP contribution in [-0.4, -0.2) is 13.0 Å². The lowest BCUT2D eigenvalue weighted by Gasteiger charge is -2.21. The first-order valence-electron chi connectivity index (χ1n) is 10.0. The van der Waals surface area contributed by atoms with Crippen molar-refractivity contribution in [3.05, 3.63) is 94.6 Å². The monoisotopic (exact) mass is 399 g/mol. The molecule has 4 heteroatoms. The van der Waals surface area contributed by atoms with Crippen LogP contribution < -0.4 is 16.0 Å². The molecule has 3 aromatic carbocycles. The molecular formula is C26H29N3O. The number of anilines is 3. The third kappa shape index (κ3) is 5.29. The van der Waals surface area contributed by atoms with Crippen LogP contribution in [0.4, 0.5) is 17.1 Å². The van der Waals surface area contributed by atoms with E-state index in [9.17, 15) is 4.79 Å². The van der Waals surface area contributed by atoms with Gasteiger partial charge in [0.15, 0.2) is 0 Å². The molecule has 0 atom stereocenters. The summed E-state index contributed by atoms with van der Waals surface area (Å²) in [5, 5.41) is 2.79. The van der Waals surface area contributed by atoms with Gasteiger partial charge >= 0.3 is 0 Å². The van der Waals surface area contributed by atoms with Gasteiger partial charge in [0.05, 0.1) is 11.4 Å². The molecule has 0 spiro atoms. The SMILES string of the molecule is Cc1cc(N(C)Cc2ccc(/C=C/C(=O)Nc3ccccc3N)cc2)cc(C)c1C. The van der Waals surface area contributed by atoms with E-state index in [1.807, 2.05) is 24.3 Å². The zero-order valence-electron chi connectivity index (χ0n) is 18.1. The van der Waals surface area contributed by atoms with Gasteiger partial charge in [-0.2, -0.15) is 0 Å². The van der Waals surface area contributed by atoms with Crippen molar-refractivity contribution in [3.63, 3.8) is 0 Å². The largest absolute Gasteiger partial charge is 0.397 e. The molecule has 3 rings (SSSR count). The first-order chi connectivity index (χ1) is 14.3. The second-order valence-corrected chi connectivity index (χ2v) is 7.71. The molecule has 3 N–H and O–H groups in total. The number of carbonyl (C=O) groups is 1. The molecule has 3 aromatic rings. The third-order valence-corrected chi connectivity index (χ3v) is 5.40. The van der Waals surface area contributed by atoms with Crippen molar-refractivity contribution in [1.29, 1.82) is 0 Å². The van der Waals surface area contributed by atoms with Crippen molar-refractivity contribution in [1.82, 2.24) is 0 Å². The zero-order chi connectivity index (χ0) is 21.7. The van der Waals surface area contributed by atoms with Gasteiger partial charge in [-0.25, -0.2) is 0 Å². The highest BCUT2D eigenvalue weighted by molar-refractivity contribution is 6.03. The van der Waals surface area contributed by atoms with E-state index in [1.165, 1.54) is 34.0 Å². The quantitative estimate of drug-likeness (QED) is 0.426. The van der Waals surface area contributed by atoms with E-state index in [-0.39, 0.29) is 5.91 Å². The molecule has 0 heterocycles. The fourth-order valence-electron chi connectivity index (χ4n) is 3.29. The average molecular weight is 400 g/mol. The molecule has 0 aliphatic heterocycles. The summed E-state index contributed by atoms with van der Waals surface area (Å²) < 4.78 is 0. The molecule has 0 fully saturated rings. The molecule has 0 bridgehead atoms. The van der Waals surface area contributed by atoms with Crippen LogP contribution in [0.15, 0.2) is 66.7 Å². The van der Waals surface area contributed by atoms with Gasteiger partial charge < -0.3 is 16.0 Å². The molecule has 4 nitrogen and oxygen atoms in total. The number of aryl methyl sites for hydroxylation is 2. The fraction of sp³-hybridized carbons (Fsp3) is 0.192. The number of rotatable bonds is 6. The van der Waals surface area contributed by atoms with E-state index >= 15 is 0 Å². The normalized spacial score (nSPS) is 10.9. The summed E-state index contributed by atoms with van der Waals surface area (Å²) in [6.07, 6.45) is 3.32. The van der Waals surface area contributed by atoms with E-state index in [0.717, 1.165) is 12.1 Å². The summed E-state index contributed by atoms with van der Waals surface area (Å²) in [6, 6.07) is 19.9. The molecule has 0 saturated heterocycles. The average Bonchev–Trinajstić information content (AvgIpc) is 2.72. The number of hydrogen-bond acceptors (Lipinski definition) is 3. The summed E-state index contributed by atoms with van der Waals surface area (Å²) in [6.45, 7) is 7.29. The first-order valence-corrected chi connectivity index (χ1v) is 10.0. The van der Waals surface area contributed by atoms with Gasteiger partial charge in [0.2, 0.25) is 5.91 Å². The van der Waals surface area contributed by atoms with Crippen molar-refractivity contribution in [2.24, 2.45) is 0 Å². The van der Waals surface area contributed by atoms with Crippen LogP contribution in [-0.2, 0) is 11.3 Å². The van der Waals surface area contributed by atoms with Crippen LogP contribution in [0, 0.1) is 20.8 Å². The van der Waals surface area contributed by atoms with E-state index < -0.39 is 0 Å². The Morgan fingerprint density at radius 2 is 1.63 bits per heavy atom. The van der Waals surface area contributed by atoms with E-state index in [4.69, 9.17) is 5.73 Å². The highest BCUT2D eigenvalue weighted by Gasteiger charge is 2.06. The van der Waals surface area contributed by atoms with Gasteiger partial charge in [-0.05, 0) is 78.9 Å². The van der Waals surface area contributed by atoms with Crippen molar-refractivity contribution in [2.75, 3.05) is 23.0 Å². The lowest BCUT2D eigenvalue weighted by atomic mass is 10.0. The van der Waals surface area contributed by atoms with Crippen LogP contribution >= 0.6 is 0 Å². The summed E-state index contributed by atoms with van der Waals surface area (Å²) in [7, 11) is 2.11. The van der Waals surface area contributed by atoms with Gasteiger partial charge in [-0.1, -0.05) is 36.4 Å². The van der Waals surface area contributed by atoms with Crippen molar-refractivity contribution in [2.45, 2.75) is 27.3 Å². The van der Waals surface area contributed by atoms with E-state index in [0.29, 0.717) is 11.4 Å². The predicted molar refractivity (Wildman–Crippen MR) is 128 cm³/mol. The Balaban J connectivity index is 1.61. The Hall–Kier alpha value is -3.53. The number of nitrogens with two attached hydrogens (primary N) is 1. The minimum absolute atomic E-state index is 0.207. The smallest absolute Gasteiger partial charge is 0.248 e. The molecule has 0 saturated carbocycles. The summed E-state index contributed by atoms with van der Waals surface area (Å²) in [5.41, 5.74) is 14.4. The molecule has 0 aliphatic rings. The Bertz CT molecular complexity index is 1040. The molecule has 1 amide bonds. The van der Waals surface area contributed by atoms with Crippen molar-refractivity contribution < 1.29 is 4.79 Å². The number of nitrogens with zero attached hydrogens (tertiary/aromatic N) is 1. The second kappa shape index (κ2) is 9.31. The lowest BCUT2D eigenvalue weighted by Crippen LogP contribution is -2.16. The number of nitrogens with one attached hydrogen (secondary N) is 1. The molecule has 0 radical (unpaired) electrons. The number of carbonyl (C=O) groups excluding carboxylic acids is 1. The molecule has 0 aliphatic carbocycles. The van der Waals surface area contributed by atoms with E-state index in [1.54, 1.807) is 18.2 Å². The summed E-state index contributed by atoms with van der Waals surface area (Å²) in [5.74, 6) is -0.207. The number of hydrogen-bond donors (Lipinski definition) is 2. The number of para-hydroxylation sites is 2. The molecular weight excluding hydrogens is 370 g/mol. The second-order valence-electron chi connectivity index (χ2n) is 7.71. The highest BCUT2D eigenvalue weighted by atomic mass is 16.1. The van der Waals surface area contributed by atoms with Crippen LogP contribution in [0.25, 0.3) is 6.08 Å². The number of nitrogen functional groups attached to an aromatic ring is 1. The van der Waals surface area contributed by atoms with Crippen molar-refractivity contribution >= 4 is 29.0 Å². The van der Waals surface area contributed by atoms with Crippen LogP contribution in [0.3, 0.4) is 0 Å². The van der Waals surface area contributed by atoms with Crippen LogP contribution in [0.1, 0.15) is 27.8 Å². The van der Waals surface area contributed by atoms with Gasteiger partial charge in [0.25, 0.3) is 0 Å². The maximum absolute atomic E-state index is 12.1. The van der Waals surface area contributed by atoms with Gasteiger partial charge in [0.1, 0.15) is 0 Å². The van der Waals surface area contributed by atoms with Gasteiger partial charge in [0, 0.05) is 25.4 Å². The molecule has 0 aromatic heterocycles. The lowest BCUT2D eigenvalue weighted by molar-refractivity contribution is -0.111. The Morgan fingerprint density at radius 1 is 1.00 bits per heavy atom. The topological polar surface area (TPSA) is 58.4 Å². The highest BCUT2D eigenvalue weighted by Crippen LogP contribution is 2.23. The van der Waals surface area contributed by atoms with Gasteiger partial charge in [-0.15, -0.1) is 0 Å². The van der Waals surface area contributed by atoms with Crippen LogP contribution in [0.5, 0.6) is 0 Å². The van der Waals surface area contributed by atoms with Crippen LogP contribution in [0.2, 0.25) is 0 Å². The summed E-state index contributed by atoms with van der Waals surface area (Å²) in [4.78, 5) is 14.4. The Morgan fingerprint density at radius 3 is 2.27 bits per heavy atom. The number of amides is 1. The first kappa shape index (κ1) is 21.2. The number of benzene rings is 3. The molecule has 30 heavy (non-hydrogen) atoms. The van der Waals surface area contributed by atoms with Crippen molar-refractivity contribution in [3.8, 4) is 0 Å². The minimum Gasteiger partial charge on any atom is -0.397 e. The third-order valence-electron chi connectivity index (χ3n) is 5.40. The van der Waals surface area contributed by atoms with Gasteiger partial charge in [-0.3, -0.25) is 4.79 Å².